The second kappa shape index (κ2) is 8.88. The van der Waals surface area contributed by atoms with Gasteiger partial charge < -0.3 is 10.1 Å². The number of hydrogen-bond acceptors (Lipinski definition) is 6. The van der Waals surface area contributed by atoms with Gasteiger partial charge in [0.05, 0.1) is 22.8 Å². The molecule has 0 saturated heterocycles. The van der Waals surface area contributed by atoms with Crippen LogP contribution < -0.4 is 10.1 Å². The Hall–Kier alpha value is -4.59. The Morgan fingerprint density at radius 1 is 1.00 bits per heavy atom. The maximum absolute atomic E-state index is 13.3. The smallest absolute Gasteiger partial charge is 0.321 e. The van der Waals surface area contributed by atoms with Crippen LogP contribution in [0.5, 0.6) is 11.8 Å². The third-order valence-corrected chi connectivity index (χ3v) is 5.09. The molecule has 1 N–H and O–H groups in total. The van der Waals surface area contributed by atoms with E-state index in [1.165, 1.54) is 0 Å². The van der Waals surface area contributed by atoms with Crippen LogP contribution in [0.3, 0.4) is 0 Å². The number of amides is 1. The minimum absolute atomic E-state index is 0.240. The van der Waals surface area contributed by atoms with Crippen molar-refractivity contribution in [2.75, 3.05) is 5.32 Å². The monoisotopic (exact) mass is 436 g/mol. The maximum Gasteiger partial charge on any atom is 0.321 e. The van der Waals surface area contributed by atoms with E-state index in [1.54, 1.807) is 59.7 Å². The summed E-state index contributed by atoms with van der Waals surface area (Å²) in [5.74, 6) is 0.330. The van der Waals surface area contributed by atoms with Crippen LogP contribution in [0.4, 0.5) is 5.69 Å². The zero-order valence-electron chi connectivity index (χ0n) is 17.8. The number of fused-ring (bicyclic) bond motifs is 1. The van der Waals surface area contributed by atoms with Crippen molar-refractivity contribution < 1.29 is 9.53 Å². The van der Waals surface area contributed by atoms with E-state index in [0.29, 0.717) is 34.6 Å². The molecule has 0 fully saturated rings. The summed E-state index contributed by atoms with van der Waals surface area (Å²) in [7, 11) is 0. The lowest BCUT2D eigenvalue weighted by molar-refractivity contribution is 0.102. The molecular weight excluding hydrogens is 416 g/mol. The largest absolute Gasteiger partial charge is 0.424 e. The van der Waals surface area contributed by atoms with Crippen molar-refractivity contribution >= 4 is 22.6 Å². The van der Waals surface area contributed by atoms with Crippen molar-refractivity contribution in [2.45, 2.75) is 13.5 Å². The van der Waals surface area contributed by atoms with Gasteiger partial charge >= 0.3 is 6.01 Å². The van der Waals surface area contributed by atoms with E-state index in [4.69, 9.17) is 9.72 Å². The number of pyridine rings is 1. The minimum atomic E-state index is -0.240. The second-order valence-electron chi connectivity index (χ2n) is 7.23. The zero-order chi connectivity index (χ0) is 22.6. The first-order chi connectivity index (χ1) is 16.2. The Bertz CT molecular complexity index is 1400. The van der Waals surface area contributed by atoms with Gasteiger partial charge in [-0.15, -0.1) is 0 Å². The molecule has 0 spiro atoms. The normalized spacial score (nSPS) is 10.8. The fourth-order valence-corrected chi connectivity index (χ4v) is 3.47. The molecule has 0 radical (unpaired) electrons. The molecule has 8 nitrogen and oxygen atoms in total. The van der Waals surface area contributed by atoms with E-state index in [2.05, 4.69) is 20.4 Å². The Balaban J connectivity index is 1.44. The Morgan fingerprint density at radius 2 is 1.76 bits per heavy atom. The fourth-order valence-electron chi connectivity index (χ4n) is 3.47. The molecule has 0 aliphatic rings. The minimum Gasteiger partial charge on any atom is -0.424 e. The van der Waals surface area contributed by atoms with Crippen LogP contribution in [0.2, 0.25) is 0 Å². The van der Waals surface area contributed by atoms with Gasteiger partial charge in [-0.25, -0.2) is 19.6 Å². The van der Waals surface area contributed by atoms with E-state index in [-0.39, 0.29) is 11.9 Å². The van der Waals surface area contributed by atoms with Crippen LogP contribution in [-0.2, 0) is 6.54 Å². The lowest BCUT2D eigenvalue weighted by Gasteiger charge is -2.10. The molecule has 0 bridgehead atoms. The highest BCUT2D eigenvalue weighted by molar-refractivity contribution is 6.12. The zero-order valence-corrected chi connectivity index (χ0v) is 17.8. The molecule has 0 atom stereocenters. The summed E-state index contributed by atoms with van der Waals surface area (Å²) in [5.41, 5.74) is 3.47. The van der Waals surface area contributed by atoms with Gasteiger partial charge in [-0.1, -0.05) is 30.3 Å². The molecule has 8 heteroatoms. The van der Waals surface area contributed by atoms with Crippen molar-refractivity contribution in [1.29, 1.82) is 0 Å². The molecule has 0 unspecified atom stereocenters. The lowest BCUT2D eigenvalue weighted by atomic mass is 10.1. The lowest BCUT2D eigenvalue weighted by Crippen LogP contribution is -2.13. The molecule has 3 heterocycles. The molecule has 5 rings (SSSR count). The topological polar surface area (TPSA) is 94.8 Å². The fraction of sp³-hybridized carbons (Fsp3) is 0.0800. The molecule has 2 aromatic carbocycles. The maximum atomic E-state index is 13.3. The SMILES string of the molecule is CCn1ncc2c(C(=O)Nc3ccc(Oc4ncccn4)cc3)cc(-c3ccccc3)nc21. The van der Waals surface area contributed by atoms with Crippen LogP contribution in [0, 0.1) is 0 Å². The van der Waals surface area contributed by atoms with Crippen LogP contribution >= 0.6 is 0 Å². The molecule has 0 aliphatic heterocycles. The summed E-state index contributed by atoms with van der Waals surface area (Å²) >= 11 is 0. The molecule has 5 aromatic rings. The molecule has 1 amide bonds. The summed E-state index contributed by atoms with van der Waals surface area (Å²) in [6, 6.07) is 20.6. The number of aryl methyl sites for hydroxylation is 1. The number of rotatable bonds is 6. The predicted octanol–water partition coefficient (Wildman–Crippen LogP) is 4.95. The Labute approximate surface area is 189 Å². The van der Waals surface area contributed by atoms with Gasteiger partial charge in [-0.05, 0) is 43.3 Å². The van der Waals surface area contributed by atoms with Gasteiger partial charge in [0.15, 0.2) is 5.65 Å². The summed E-state index contributed by atoms with van der Waals surface area (Å²) in [6.45, 7) is 2.65. The highest BCUT2D eigenvalue weighted by Crippen LogP contribution is 2.26. The van der Waals surface area contributed by atoms with Gasteiger partial charge in [0.1, 0.15) is 5.75 Å². The highest BCUT2D eigenvalue weighted by Gasteiger charge is 2.17. The van der Waals surface area contributed by atoms with Crippen molar-refractivity contribution in [3.8, 4) is 23.0 Å². The number of benzene rings is 2. The van der Waals surface area contributed by atoms with E-state index >= 15 is 0 Å². The van der Waals surface area contributed by atoms with E-state index in [0.717, 1.165) is 11.3 Å². The number of ether oxygens (including phenoxy) is 1. The van der Waals surface area contributed by atoms with Gasteiger partial charge in [0.2, 0.25) is 0 Å². The van der Waals surface area contributed by atoms with E-state index < -0.39 is 0 Å². The average Bonchev–Trinajstić information content (AvgIpc) is 3.29. The number of carbonyl (C=O) groups is 1. The van der Waals surface area contributed by atoms with Gasteiger partial charge in [-0.2, -0.15) is 5.10 Å². The standard InChI is InChI=1S/C25H20N6O2/c1-2-31-23-21(16-28-31)20(15-22(30-23)17-7-4-3-5-8-17)24(32)29-18-9-11-19(12-10-18)33-25-26-13-6-14-27-25/h3-16H,2H2,1H3,(H,29,32). The number of aromatic nitrogens is 5. The summed E-state index contributed by atoms with van der Waals surface area (Å²) in [6.07, 6.45) is 4.90. The summed E-state index contributed by atoms with van der Waals surface area (Å²) < 4.78 is 7.39. The average molecular weight is 436 g/mol. The first kappa shape index (κ1) is 20.3. The van der Waals surface area contributed by atoms with Crippen LogP contribution in [0.25, 0.3) is 22.3 Å². The molecule has 0 saturated carbocycles. The van der Waals surface area contributed by atoms with Gasteiger partial charge in [0.25, 0.3) is 5.91 Å². The summed E-state index contributed by atoms with van der Waals surface area (Å²) in [5, 5.41) is 8.06. The highest BCUT2D eigenvalue weighted by atomic mass is 16.5. The van der Waals surface area contributed by atoms with Crippen LogP contribution in [0.15, 0.2) is 85.3 Å². The van der Waals surface area contributed by atoms with Crippen molar-refractivity contribution in [3.05, 3.63) is 90.9 Å². The van der Waals surface area contributed by atoms with E-state index in [1.807, 2.05) is 37.3 Å². The molecule has 162 valence electrons. The predicted molar refractivity (Wildman–Crippen MR) is 125 cm³/mol. The molecule has 0 aliphatic carbocycles. The van der Waals surface area contributed by atoms with Crippen LogP contribution in [0.1, 0.15) is 17.3 Å². The van der Waals surface area contributed by atoms with Crippen molar-refractivity contribution in [3.63, 3.8) is 0 Å². The van der Waals surface area contributed by atoms with Crippen molar-refractivity contribution in [2.24, 2.45) is 0 Å². The number of anilines is 1. The first-order valence-corrected chi connectivity index (χ1v) is 10.5. The first-order valence-electron chi connectivity index (χ1n) is 10.5. The number of nitrogens with one attached hydrogen (secondary N) is 1. The quantitative estimate of drug-likeness (QED) is 0.405. The Morgan fingerprint density at radius 3 is 2.48 bits per heavy atom. The third kappa shape index (κ3) is 4.27. The number of carbonyl (C=O) groups excluding carboxylic acids is 1. The number of hydrogen-bond donors (Lipinski definition) is 1. The third-order valence-electron chi connectivity index (χ3n) is 5.09. The molecular formula is C25H20N6O2. The summed E-state index contributed by atoms with van der Waals surface area (Å²) in [4.78, 5) is 26.1. The number of nitrogens with zero attached hydrogens (tertiary/aromatic N) is 5. The van der Waals surface area contributed by atoms with Gasteiger partial charge in [-0.3, -0.25) is 4.79 Å². The Kier molecular flexibility index (Phi) is 5.47. The van der Waals surface area contributed by atoms with E-state index in [9.17, 15) is 4.79 Å². The molecule has 3 aromatic heterocycles. The van der Waals surface area contributed by atoms with Crippen LogP contribution in [-0.4, -0.2) is 30.6 Å². The van der Waals surface area contributed by atoms with Crippen molar-refractivity contribution in [1.82, 2.24) is 24.7 Å². The van der Waals surface area contributed by atoms with Gasteiger partial charge in [0, 0.05) is 30.2 Å². The second-order valence-corrected chi connectivity index (χ2v) is 7.23. The molecule has 33 heavy (non-hydrogen) atoms.